The highest BCUT2D eigenvalue weighted by atomic mass is 32.3. The van der Waals surface area contributed by atoms with E-state index in [2.05, 4.69) is 4.90 Å². The summed E-state index contributed by atoms with van der Waals surface area (Å²) in [5.41, 5.74) is 0. The predicted molar refractivity (Wildman–Crippen MR) is 54.3 cm³/mol. The van der Waals surface area contributed by atoms with Crippen LogP contribution in [0, 0.1) is 11.8 Å². The highest BCUT2D eigenvalue weighted by Gasteiger charge is 2.25. The average molecular weight is 223 g/mol. The fourth-order valence-electron chi connectivity index (χ4n) is 2.05. The number of rotatable bonds is 3. The van der Waals surface area contributed by atoms with Crippen molar-refractivity contribution in [3.8, 4) is 0 Å². The Bertz CT molecular complexity index is 271. The van der Waals surface area contributed by atoms with E-state index in [-0.39, 0.29) is 11.7 Å². The molecule has 1 atom stereocenters. The second kappa shape index (κ2) is 4.57. The summed E-state index contributed by atoms with van der Waals surface area (Å²) >= 11 is 0. The Morgan fingerprint density at radius 2 is 1.93 bits per heavy atom. The molecule has 0 aromatic heterocycles. The molecule has 0 amide bonds. The monoisotopic (exact) mass is 223 g/mol. The summed E-state index contributed by atoms with van der Waals surface area (Å²) in [6.45, 7) is 3.80. The normalized spacial score (nSPS) is 23.6. The van der Waals surface area contributed by atoms with E-state index in [0.717, 1.165) is 25.9 Å². The van der Waals surface area contributed by atoms with Crippen LogP contribution in [-0.4, -0.2) is 39.2 Å². The fraction of sp³-hybridized carbons (Fsp3) is 1.00. The number of halogens is 1. The van der Waals surface area contributed by atoms with E-state index in [9.17, 15) is 12.3 Å². The Kier molecular flexibility index (Phi) is 3.89. The second-order valence-corrected chi connectivity index (χ2v) is 5.73. The number of hydrogen-bond acceptors (Lipinski definition) is 3. The summed E-state index contributed by atoms with van der Waals surface area (Å²) in [4.78, 5) is 2.22. The van der Waals surface area contributed by atoms with Crippen molar-refractivity contribution in [3.63, 3.8) is 0 Å². The standard InChI is InChI=1S/C9H18FNO2S/c1-8(7-14(10,12)13)9-3-5-11(2)6-4-9/h8-9H,3-7H2,1-2H3. The lowest BCUT2D eigenvalue weighted by atomic mass is 9.87. The fourth-order valence-corrected chi connectivity index (χ4v) is 2.95. The molecule has 3 nitrogen and oxygen atoms in total. The third kappa shape index (κ3) is 3.92. The minimum Gasteiger partial charge on any atom is -0.306 e. The Balaban J connectivity index is 2.42. The van der Waals surface area contributed by atoms with Crippen molar-refractivity contribution in [3.05, 3.63) is 0 Å². The van der Waals surface area contributed by atoms with Crippen LogP contribution < -0.4 is 0 Å². The minimum absolute atomic E-state index is 0.0568. The molecule has 1 aliphatic rings. The topological polar surface area (TPSA) is 37.4 Å². The van der Waals surface area contributed by atoms with Crippen LogP contribution in [0.3, 0.4) is 0 Å². The molecule has 1 heterocycles. The summed E-state index contributed by atoms with van der Waals surface area (Å²) in [5.74, 6) is -0.0168. The summed E-state index contributed by atoms with van der Waals surface area (Å²) < 4.78 is 33.4. The molecule has 1 saturated heterocycles. The molecular formula is C9H18FNO2S. The van der Waals surface area contributed by atoms with E-state index >= 15 is 0 Å². The zero-order valence-electron chi connectivity index (χ0n) is 8.74. The van der Waals surface area contributed by atoms with Crippen molar-refractivity contribution >= 4 is 10.2 Å². The van der Waals surface area contributed by atoms with Crippen LogP contribution >= 0.6 is 0 Å². The molecule has 0 saturated carbocycles. The Morgan fingerprint density at radius 1 is 1.43 bits per heavy atom. The van der Waals surface area contributed by atoms with Crippen molar-refractivity contribution in [1.29, 1.82) is 0 Å². The van der Waals surface area contributed by atoms with Crippen LogP contribution in [0.4, 0.5) is 3.89 Å². The molecule has 5 heteroatoms. The Morgan fingerprint density at radius 3 is 2.36 bits per heavy atom. The summed E-state index contributed by atoms with van der Waals surface area (Å²) in [6.07, 6.45) is 1.96. The molecule has 0 aromatic rings. The lowest BCUT2D eigenvalue weighted by Crippen LogP contribution is -2.34. The molecule has 0 N–H and O–H groups in total. The molecule has 1 aliphatic heterocycles. The zero-order chi connectivity index (χ0) is 10.8. The number of piperidine rings is 1. The van der Waals surface area contributed by atoms with E-state index in [1.165, 1.54) is 0 Å². The summed E-state index contributed by atoms with van der Waals surface area (Å²) in [6, 6.07) is 0. The van der Waals surface area contributed by atoms with Gasteiger partial charge in [-0.3, -0.25) is 0 Å². The van der Waals surface area contributed by atoms with Crippen LogP contribution in [0.2, 0.25) is 0 Å². The maximum absolute atomic E-state index is 12.4. The third-order valence-corrected chi connectivity index (χ3v) is 3.95. The lowest BCUT2D eigenvalue weighted by Gasteiger charge is -2.32. The van der Waals surface area contributed by atoms with Gasteiger partial charge >= 0.3 is 10.2 Å². The van der Waals surface area contributed by atoms with Gasteiger partial charge in [0.15, 0.2) is 0 Å². The molecule has 0 aromatic carbocycles. The number of nitrogens with zero attached hydrogens (tertiary/aromatic N) is 1. The van der Waals surface area contributed by atoms with E-state index in [1.807, 2.05) is 14.0 Å². The average Bonchev–Trinajstić information content (AvgIpc) is 2.02. The zero-order valence-corrected chi connectivity index (χ0v) is 9.56. The van der Waals surface area contributed by atoms with E-state index in [1.54, 1.807) is 0 Å². The first-order valence-electron chi connectivity index (χ1n) is 4.99. The van der Waals surface area contributed by atoms with E-state index < -0.39 is 10.2 Å². The molecule has 0 radical (unpaired) electrons. The maximum atomic E-state index is 12.4. The molecule has 84 valence electrons. The first-order chi connectivity index (χ1) is 6.38. The van der Waals surface area contributed by atoms with Gasteiger partial charge in [-0.1, -0.05) is 6.92 Å². The van der Waals surface area contributed by atoms with E-state index in [4.69, 9.17) is 0 Å². The molecule has 0 aliphatic carbocycles. The summed E-state index contributed by atoms with van der Waals surface area (Å²) in [5, 5.41) is 0. The molecular weight excluding hydrogens is 205 g/mol. The van der Waals surface area contributed by atoms with Gasteiger partial charge in [0, 0.05) is 0 Å². The quantitative estimate of drug-likeness (QED) is 0.676. The molecule has 1 fully saturated rings. The Labute approximate surface area is 85.5 Å². The number of likely N-dealkylation sites (tertiary alicyclic amines) is 1. The van der Waals surface area contributed by atoms with Gasteiger partial charge in [0.2, 0.25) is 0 Å². The molecule has 0 spiro atoms. The highest BCUT2D eigenvalue weighted by Crippen LogP contribution is 2.25. The van der Waals surface area contributed by atoms with Crippen LogP contribution in [0.5, 0.6) is 0 Å². The van der Waals surface area contributed by atoms with Gasteiger partial charge in [-0.15, -0.1) is 3.89 Å². The van der Waals surface area contributed by atoms with Gasteiger partial charge < -0.3 is 4.90 Å². The third-order valence-electron chi connectivity index (χ3n) is 3.03. The van der Waals surface area contributed by atoms with Crippen molar-refractivity contribution in [2.75, 3.05) is 25.9 Å². The van der Waals surface area contributed by atoms with E-state index in [0.29, 0.717) is 5.92 Å². The van der Waals surface area contributed by atoms with Crippen LogP contribution in [0.25, 0.3) is 0 Å². The van der Waals surface area contributed by atoms with Crippen molar-refractivity contribution in [1.82, 2.24) is 4.90 Å². The summed E-state index contributed by atoms with van der Waals surface area (Å²) in [7, 11) is -2.25. The predicted octanol–water partition coefficient (Wildman–Crippen LogP) is 1.26. The molecule has 1 rings (SSSR count). The first kappa shape index (κ1) is 11.9. The van der Waals surface area contributed by atoms with Gasteiger partial charge in [0.25, 0.3) is 0 Å². The number of hydrogen-bond donors (Lipinski definition) is 0. The maximum Gasteiger partial charge on any atom is 0.302 e. The second-order valence-electron chi connectivity index (χ2n) is 4.32. The molecule has 14 heavy (non-hydrogen) atoms. The van der Waals surface area contributed by atoms with Gasteiger partial charge in [-0.05, 0) is 44.8 Å². The smallest absolute Gasteiger partial charge is 0.302 e. The van der Waals surface area contributed by atoms with Crippen molar-refractivity contribution in [2.45, 2.75) is 19.8 Å². The van der Waals surface area contributed by atoms with Crippen molar-refractivity contribution < 1.29 is 12.3 Å². The van der Waals surface area contributed by atoms with Gasteiger partial charge in [-0.2, -0.15) is 8.42 Å². The first-order valence-corrected chi connectivity index (χ1v) is 6.54. The molecule has 0 bridgehead atoms. The SMILES string of the molecule is CC(CS(=O)(=O)F)C1CCN(C)CC1. The lowest BCUT2D eigenvalue weighted by molar-refractivity contribution is 0.185. The van der Waals surface area contributed by atoms with Gasteiger partial charge in [0.1, 0.15) is 0 Å². The van der Waals surface area contributed by atoms with Crippen LogP contribution in [0.15, 0.2) is 0 Å². The minimum atomic E-state index is -4.30. The van der Waals surface area contributed by atoms with Gasteiger partial charge in [-0.25, -0.2) is 0 Å². The van der Waals surface area contributed by atoms with Crippen LogP contribution in [0.1, 0.15) is 19.8 Å². The largest absolute Gasteiger partial charge is 0.306 e. The highest BCUT2D eigenvalue weighted by molar-refractivity contribution is 7.86. The Hall–Kier alpha value is -0.160. The van der Waals surface area contributed by atoms with Crippen LogP contribution in [-0.2, 0) is 10.2 Å². The van der Waals surface area contributed by atoms with Gasteiger partial charge in [0.05, 0.1) is 5.75 Å². The van der Waals surface area contributed by atoms with Crippen molar-refractivity contribution in [2.24, 2.45) is 11.8 Å². The molecule has 1 unspecified atom stereocenters.